The third kappa shape index (κ3) is 10.8. The maximum atomic E-state index is 13.2. The molecule has 44 heavy (non-hydrogen) atoms. The molecule has 1 aliphatic heterocycles. The summed E-state index contributed by atoms with van der Waals surface area (Å²) in [6.07, 6.45) is 1.15. The van der Waals surface area contributed by atoms with Gasteiger partial charge in [-0.3, -0.25) is 24.2 Å². The van der Waals surface area contributed by atoms with Gasteiger partial charge in [-0.2, -0.15) is 4.99 Å². The molecule has 1 heterocycles. The molecule has 2 unspecified atom stereocenters. The second kappa shape index (κ2) is 16.0. The quantitative estimate of drug-likeness (QED) is 0.131. The summed E-state index contributed by atoms with van der Waals surface area (Å²) in [4.78, 5) is 59.7. The summed E-state index contributed by atoms with van der Waals surface area (Å²) in [5, 5.41) is 11.5. The van der Waals surface area contributed by atoms with Crippen molar-refractivity contribution < 1.29 is 29.0 Å². The van der Waals surface area contributed by atoms with Gasteiger partial charge in [-0.25, -0.2) is 0 Å². The van der Waals surface area contributed by atoms with Crippen molar-refractivity contribution in [2.24, 2.45) is 15.7 Å². The molecule has 4 N–H and O–H groups in total. The van der Waals surface area contributed by atoms with Crippen LogP contribution in [0.1, 0.15) is 68.4 Å². The van der Waals surface area contributed by atoms with Crippen LogP contribution < -0.4 is 11.1 Å². The molecule has 0 aromatic heterocycles. The van der Waals surface area contributed by atoms with Gasteiger partial charge >= 0.3 is 11.9 Å². The molecule has 11 nitrogen and oxygen atoms in total. The maximum Gasteiger partial charge on any atom is 0.308 e. The van der Waals surface area contributed by atoms with Crippen LogP contribution in [0.15, 0.2) is 64.6 Å². The molecule has 0 radical (unpaired) electrons. The molecule has 2 atom stereocenters. The predicted molar refractivity (Wildman–Crippen MR) is 172 cm³/mol. The number of nitrogens with two attached hydrogens (primary N) is 1. The fourth-order valence-corrected chi connectivity index (χ4v) is 5.70. The Bertz CT molecular complexity index is 1370. The first-order valence-electron chi connectivity index (χ1n) is 14.6. The highest BCUT2D eigenvalue weighted by molar-refractivity contribution is 8.15. The van der Waals surface area contributed by atoms with E-state index in [-0.39, 0.29) is 49.7 Å². The molecule has 1 aliphatic rings. The smallest absolute Gasteiger partial charge is 0.308 e. The number of hydrogen-bond donors (Lipinski definition) is 3. The summed E-state index contributed by atoms with van der Waals surface area (Å²) in [6.45, 7) is 8.28. The van der Waals surface area contributed by atoms with Gasteiger partial charge in [-0.1, -0.05) is 54.2 Å². The Hall–Kier alpha value is -4.19. The lowest BCUT2D eigenvalue weighted by Crippen LogP contribution is -2.43. The van der Waals surface area contributed by atoms with Gasteiger partial charge in [-0.05, 0) is 58.2 Å². The zero-order valence-corrected chi connectivity index (χ0v) is 26.4. The number of carbonyl (C=O) groups excluding carboxylic acids is 3. The summed E-state index contributed by atoms with van der Waals surface area (Å²) in [6, 6.07) is 16.2. The fraction of sp³-hybridized carbons (Fsp3) is 0.438. The van der Waals surface area contributed by atoms with Gasteiger partial charge in [0.2, 0.25) is 5.91 Å². The highest BCUT2D eigenvalue weighted by Crippen LogP contribution is 2.32. The number of amides is 2. The van der Waals surface area contributed by atoms with Gasteiger partial charge < -0.3 is 25.8 Å². The largest absolute Gasteiger partial charge is 0.481 e. The van der Waals surface area contributed by atoms with Crippen LogP contribution in [0.3, 0.4) is 0 Å². The molecular formula is C32H41N5O6S. The Kier molecular flexibility index (Phi) is 12.5. The second-order valence-electron chi connectivity index (χ2n) is 11.4. The maximum absolute atomic E-state index is 13.2. The molecule has 0 bridgehead atoms. The Morgan fingerprint density at radius 2 is 1.68 bits per heavy atom. The molecular weight excluding hydrogens is 582 g/mol. The number of carbonyl (C=O) groups is 4. The number of esters is 1. The number of nitrogens with zero attached hydrogens (tertiary/aromatic N) is 3. The highest BCUT2D eigenvalue weighted by Gasteiger charge is 2.40. The lowest BCUT2D eigenvalue weighted by atomic mass is 10.1. The average molecular weight is 624 g/mol. The molecule has 236 valence electrons. The van der Waals surface area contributed by atoms with Crippen molar-refractivity contribution in [3.8, 4) is 0 Å². The lowest BCUT2D eigenvalue weighted by Gasteiger charge is -2.25. The van der Waals surface area contributed by atoms with Crippen molar-refractivity contribution in [2.75, 3.05) is 19.6 Å². The minimum Gasteiger partial charge on any atom is -0.481 e. The van der Waals surface area contributed by atoms with Crippen LogP contribution in [-0.2, 0) is 25.5 Å². The van der Waals surface area contributed by atoms with Crippen molar-refractivity contribution in [3.05, 3.63) is 71.3 Å². The van der Waals surface area contributed by atoms with E-state index in [4.69, 9.17) is 15.6 Å². The van der Waals surface area contributed by atoms with E-state index in [0.29, 0.717) is 35.7 Å². The van der Waals surface area contributed by atoms with Gasteiger partial charge in [0.05, 0.1) is 6.42 Å². The highest BCUT2D eigenvalue weighted by atomic mass is 32.2. The van der Waals surface area contributed by atoms with E-state index in [1.165, 1.54) is 11.8 Å². The van der Waals surface area contributed by atoms with Gasteiger partial charge in [-0.15, -0.1) is 0 Å². The summed E-state index contributed by atoms with van der Waals surface area (Å²) in [5.74, 6) is -1.72. The number of benzene rings is 2. The van der Waals surface area contributed by atoms with Crippen LogP contribution in [0.5, 0.6) is 0 Å². The Balaban J connectivity index is 1.71. The topological polar surface area (TPSA) is 164 Å². The molecule has 2 aromatic rings. The number of aliphatic carboxylic acids is 1. The number of amidine groups is 2. The minimum absolute atomic E-state index is 0.0121. The fourth-order valence-electron chi connectivity index (χ4n) is 4.41. The van der Waals surface area contributed by atoms with E-state index in [2.05, 4.69) is 15.3 Å². The third-order valence-corrected chi connectivity index (χ3v) is 8.05. The van der Waals surface area contributed by atoms with Gasteiger partial charge in [0.1, 0.15) is 16.7 Å². The summed E-state index contributed by atoms with van der Waals surface area (Å²) < 4.78 is 5.32. The van der Waals surface area contributed by atoms with E-state index < -0.39 is 22.7 Å². The van der Waals surface area contributed by atoms with E-state index in [1.54, 1.807) is 45.0 Å². The van der Waals surface area contributed by atoms with E-state index >= 15 is 0 Å². The molecule has 3 rings (SSSR count). The molecule has 2 amide bonds. The van der Waals surface area contributed by atoms with Crippen LogP contribution in [0.4, 0.5) is 0 Å². The molecule has 12 heteroatoms. The normalized spacial score (nSPS) is 17.9. The van der Waals surface area contributed by atoms with E-state index in [0.717, 1.165) is 5.56 Å². The number of thioether (sulfide) groups is 1. The molecule has 0 saturated carbocycles. The van der Waals surface area contributed by atoms with Crippen molar-refractivity contribution >= 4 is 46.5 Å². The number of carboxylic acids is 1. The summed E-state index contributed by atoms with van der Waals surface area (Å²) in [5.41, 5.74) is 7.51. The zero-order valence-electron chi connectivity index (χ0n) is 25.6. The number of ether oxygens (including phenoxy) is 1. The third-order valence-electron chi connectivity index (χ3n) is 6.65. The van der Waals surface area contributed by atoms with Crippen molar-refractivity contribution in [2.45, 2.75) is 70.3 Å². The van der Waals surface area contributed by atoms with Gasteiger partial charge in [0.15, 0.2) is 5.17 Å². The first-order chi connectivity index (χ1) is 20.8. The van der Waals surface area contributed by atoms with Crippen molar-refractivity contribution in [1.82, 2.24) is 10.2 Å². The number of carboxylic acid groups (broad SMARTS) is 1. The molecule has 0 spiro atoms. The second-order valence-corrected chi connectivity index (χ2v) is 12.5. The van der Waals surface area contributed by atoms with Crippen LogP contribution in [0.25, 0.3) is 0 Å². The molecule has 1 fully saturated rings. The molecule has 2 aromatic carbocycles. The summed E-state index contributed by atoms with van der Waals surface area (Å²) >= 11 is 1.23. The van der Waals surface area contributed by atoms with Gasteiger partial charge in [0, 0.05) is 43.2 Å². The average Bonchev–Trinajstić information content (AvgIpc) is 3.27. The van der Waals surface area contributed by atoms with E-state index in [9.17, 15) is 19.2 Å². The number of nitrogens with one attached hydrogen (secondary N) is 1. The SMILES string of the molecule is CC1C(C(=O)NCCC(=O)OC(C)(C)C)SC(=NC(=O)c2ccc(C(N)=NCCCC(=O)O)cc2)N1CCc1ccccc1. The van der Waals surface area contributed by atoms with Crippen LogP contribution in [-0.4, -0.2) is 81.3 Å². The molecule has 1 saturated heterocycles. The number of aliphatic imine (C=N–C) groups is 2. The minimum atomic E-state index is -0.887. The summed E-state index contributed by atoms with van der Waals surface area (Å²) in [7, 11) is 0. The standard InChI is InChI=1S/C32H41N5O6S/c1-21-27(30(42)35-19-16-26(40)43-32(2,3)4)44-31(37(21)20-17-22-9-6-5-7-10-22)36-29(41)24-14-12-23(13-15-24)28(33)34-18-8-11-25(38)39/h5-7,9-10,12-15,21,27H,8,11,16-20H2,1-4H3,(H2,33,34)(H,35,42)(H,38,39). The zero-order chi connectivity index (χ0) is 32.3. The van der Waals surface area contributed by atoms with E-state index in [1.807, 2.05) is 42.2 Å². The van der Waals surface area contributed by atoms with Crippen LogP contribution >= 0.6 is 11.8 Å². The van der Waals surface area contributed by atoms with Crippen LogP contribution in [0.2, 0.25) is 0 Å². The number of hydrogen-bond acceptors (Lipinski definition) is 7. The van der Waals surface area contributed by atoms with Gasteiger partial charge in [0.25, 0.3) is 5.91 Å². The predicted octanol–water partition coefficient (Wildman–Crippen LogP) is 3.65. The van der Waals surface area contributed by atoms with Crippen molar-refractivity contribution in [1.29, 1.82) is 0 Å². The Labute approximate surface area is 262 Å². The first-order valence-corrected chi connectivity index (χ1v) is 15.4. The monoisotopic (exact) mass is 623 g/mol. The van der Waals surface area contributed by atoms with Crippen molar-refractivity contribution in [3.63, 3.8) is 0 Å². The van der Waals surface area contributed by atoms with Crippen LogP contribution in [0, 0.1) is 0 Å². The Morgan fingerprint density at radius 3 is 2.32 bits per heavy atom. The Morgan fingerprint density at radius 1 is 1.02 bits per heavy atom. The molecule has 0 aliphatic carbocycles. The number of rotatable bonds is 13. The lowest BCUT2D eigenvalue weighted by molar-refractivity contribution is -0.154. The first kappa shape index (κ1) is 34.3.